The molecule has 0 amide bonds. The summed E-state index contributed by atoms with van der Waals surface area (Å²) in [6.07, 6.45) is 1.21. The summed E-state index contributed by atoms with van der Waals surface area (Å²) in [4.78, 5) is 0. The molecule has 1 radical (unpaired) electrons. The van der Waals surface area contributed by atoms with Crippen LogP contribution < -0.4 is 34.7 Å². The van der Waals surface area contributed by atoms with E-state index in [0.29, 0.717) is 5.92 Å². The van der Waals surface area contributed by atoms with E-state index in [9.17, 15) is 5.11 Å². The van der Waals surface area contributed by atoms with Crippen LogP contribution in [0.25, 0.3) is 0 Å². The molecular weight excluding hydrogens is 243 g/mol. The van der Waals surface area contributed by atoms with Gasteiger partial charge in [-0.3, -0.25) is 0 Å². The van der Waals surface area contributed by atoms with Gasteiger partial charge >= 0.3 is 29.6 Å². The van der Waals surface area contributed by atoms with Crippen LogP contribution in [0.3, 0.4) is 0 Å². The maximum Gasteiger partial charge on any atom is 1.00 e. The zero-order valence-corrected chi connectivity index (χ0v) is 13.9. The first-order valence-electron chi connectivity index (χ1n) is 6.42. The van der Waals surface area contributed by atoms with E-state index in [0.717, 1.165) is 17.5 Å². The minimum Gasteiger partial charge on any atom is -0.843 e. The molecule has 1 unspecified atom stereocenters. The minimum absolute atomic E-state index is 0. The average molecular weight is 261 g/mol. The first kappa shape index (κ1) is 16.5. The summed E-state index contributed by atoms with van der Waals surface area (Å²) in [5.74, 6) is 0.547. The van der Waals surface area contributed by atoms with Gasteiger partial charge in [-0.05, 0) is 17.9 Å². The number of benzene rings is 2. The van der Waals surface area contributed by atoms with E-state index in [1.54, 1.807) is 0 Å². The fourth-order valence-corrected chi connectivity index (χ4v) is 1.95. The van der Waals surface area contributed by atoms with Crippen LogP contribution in [0, 0.1) is 6.10 Å². The Labute approximate surface area is 138 Å². The molecule has 2 heteroatoms. The van der Waals surface area contributed by atoms with Gasteiger partial charge in [-0.15, -0.1) is 0 Å². The Morgan fingerprint density at radius 1 is 0.947 bits per heavy atom. The van der Waals surface area contributed by atoms with Gasteiger partial charge in [0.15, 0.2) is 0 Å². The van der Waals surface area contributed by atoms with Crippen molar-refractivity contribution in [2.45, 2.75) is 26.2 Å². The first-order chi connectivity index (χ1) is 8.72. The maximum atomic E-state index is 12.2. The molecule has 0 N–H and O–H groups in total. The van der Waals surface area contributed by atoms with Gasteiger partial charge < -0.3 is 5.11 Å². The molecule has 2 aromatic rings. The van der Waals surface area contributed by atoms with E-state index in [2.05, 4.69) is 26.0 Å². The van der Waals surface area contributed by atoms with Gasteiger partial charge in [0.1, 0.15) is 0 Å². The van der Waals surface area contributed by atoms with Gasteiger partial charge in [0.25, 0.3) is 0 Å². The molecule has 1 nitrogen and oxygen atoms in total. The van der Waals surface area contributed by atoms with Gasteiger partial charge in [0.05, 0.1) is 0 Å². The molecule has 0 aliphatic rings. The Morgan fingerprint density at radius 3 is 2.00 bits per heavy atom. The molecule has 2 aromatic carbocycles. The predicted molar refractivity (Wildman–Crippen MR) is 73.0 cm³/mol. The van der Waals surface area contributed by atoms with Gasteiger partial charge in [-0.1, -0.05) is 85.7 Å². The Kier molecular flexibility index (Phi) is 6.81. The Bertz CT molecular complexity index is 478. The second-order valence-corrected chi connectivity index (χ2v) is 4.63. The summed E-state index contributed by atoms with van der Waals surface area (Å²) in [7, 11) is 0. The Hall–Kier alpha value is -0.600. The molecule has 0 aromatic heterocycles. The molecule has 0 bridgehead atoms. The van der Waals surface area contributed by atoms with Crippen molar-refractivity contribution in [2.75, 3.05) is 0 Å². The van der Waals surface area contributed by atoms with E-state index < -0.39 is 0 Å². The molecule has 2 rings (SSSR count). The second-order valence-electron chi connectivity index (χ2n) is 4.63. The third kappa shape index (κ3) is 4.19. The zero-order chi connectivity index (χ0) is 13.0. The quantitative estimate of drug-likeness (QED) is 0.735. The SMILES string of the molecule is CCC(C)c1ccc([C]([O-])c2ccccc2)cc1.[Na+]. The molecule has 0 saturated heterocycles. The van der Waals surface area contributed by atoms with E-state index in [1.807, 2.05) is 42.5 Å². The van der Waals surface area contributed by atoms with Gasteiger partial charge in [-0.25, -0.2) is 0 Å². The van der Waals surface area contributed by atoms with Crippen LogP contribution in [0.4, 0.5) is 0 Å². The molecule has 0 aliphatic heterocycles. The fraction of sp³-hybridized carbons (Fsp3) is 0.235. The monoisotopic (exact) mass is 261 g/mol. The summed E-state index contributed by atoms with van der Waals surface area (Å²) in [5.41, 5.74) is 2.80. The summed E-state index contributed by atoms with van der Waals surface area (Å²) >= 11 is 0. The molecule has 0 fully saturated rings. The molecule has 19 heavy (non-hydrogen) atoms. The normalized spacial score (nSPS) is 12.0. The largest absolute Gasteiger partial charge is 1.00 e. The van der Waals surface area contributed by atoms with Crippen molar-refractivity contribution in [2.24, 2.45) is 0 Å². The standard InChI is InChI=1S/C17H18O.Na/c1-3-13(2)14-9-11-16(12-10-14)17(18)15-7-5-4-6-8-15;/h4-13H,3H2,1-2H3;/q-1;+1. The number of hydrogen-bond donors (Lipinski definition) is 0. The van der Waals surface area contributed by atoms with Crippen LogP contribution in [0.15, 0.2) is 54.6 Å². The molecule has 1 atom stereocenters. The van der Waals surface area contributed by atoms with Gasteiger partial charge in [0, 0.05) is 0 Å². The second kappa shape index (κ2) is 7.86. The topological polar surface area (TPSA) is 23.1 Å². The summed E-state index contributed by atoms with van der Waals surface area (Å²) in [5, 5.41) is 12.2. The van der Waals surface area contributed by atoms with Crippen molar-refractivity contribution < 1.29 is 34.7 Å². The van der Waals surface area contributed by atoms with E-state index >= 15 is 0 Å². The van der Waals surface area contributed by atoms with Crippen molar-refractivity contribution in [3.8, 4) is 0 Å². The fourth-order valence-electron chi connectivity index (χ4n) is 1.95. The van der Waals surface area contributed by atoms with Crippen molar-refractivity contribution in [3.63, 3.8) is 0 Å². The molecule has 0 heterocycles. The van der Waals surface area contributed by atoms with Crippen molar-refractivity contribution >= 4 is 0 Å². The molecule has 0 saturated carbocycles. The third-order valence-electron chi connectivity index (χ3n) is 3.39. The third-order valence-corrected chi connectivity index (χ3v) is 3.39. The average Bonchev–Trinajstić information content (AvgIpc) is 2.47. The number of rotatable bonds is 4. The van der Waals surface area contributed by atoms with Crippen LogP contribution in [-0.2, 0) is 0 Å². The zero-order valence-electron chi connectivity index (χ0n) is 11.9. The van der Waals surface area contributed by atoms with E-state index in [1.165, 1.54) is 5.56 Å². The first-order valence-corrected chi connectivity index (χ1v) is 6.42. The summed E-state index contributed by atoms with van der Waals surface area (Å²) < 4.78 is 0. The van der Waals surface area contributed by atoms with Crippen LogP contribution >= 0.6 is 0 Å². The Morgan fingerprint density at radius 2 is 1.47 bits per heavy atom. The summed E-state index contributed by atoms with van der Waals surface area (Å²) in [6, 6.07) is 17.4. The Balaban J connectivity index is 0.00000180. The number of hydrogen-bond acceptors (Lipinski definition) is 1. The van der Waals surface area contributed by atoms with Crippen LogP contribution in [0.5, 0.6) is 0 Å². The van der Waals surface area contributed by atoms with Gasteiger partial charge in [0.2, 0.25) is 0 Å². The molecule has 0 spiro atoms. The summed E-state index contributed by atoms with van der Waals surface area (Å²) in [6.45, 7) is 4.38. The van der Waals surface area contributed by atoms with Crippen molar-refractivity contribution in [1.29, 1.82) is 0 Å². The molecular formula is C17H18NaO. The van der Waals surface area contributed by atoms with E-state index in [-0.39, 0.29) is 35.7 Å². The predicted octanol–water partition coefficient (Wildman–Crippen LogP) is 0.493. The van der Waals surface area contributed by atoms with E-state index in [4.69, 9.17) is 0 Å². The van der Waals surface area contributed by atoms with Crippen LogP contribution in [0.2, 0.25) is 0 Å². The molecule has 0 aliphatic carbocycles. The maximum absolute atomic E-state index is 12.2. The smallest absolute Gasteiger partial charge is 0.843 e. The van der Waals surface area contributed by atoms with Crippen molar-refractivity contribution in [3.05, 3.63) is 77.4 Å². The van der Waals surface area contributed by atoms with Crippen molar-refractivity contribution in [1.82, 2.24) is 0 Å². The van der Waals surface area contributed by atoms with Crippen LogP contribution in [-0.4, -0.2) is 0 Å². The minimum atomic E-state index is 0. The van der Waals surface area contributed by atoms with Crippen LogP contribution in [0.1, 0.15) is 42.9 Å². The van der Waals surface area contributed by atoms with Gasteiger partial charge in [-0.2, -0.15) is 0 Å². The molecule has 93 valence electrons.